The van der Waals surface area contributed by atoms with Crippen molar-refractivity contribution in [3.63, 3.8) is 0 Å². The quantitative estimate of drug-likeness (QED) is 0.777. The van der Waals surface area contributed by atoms with E-state index >= 15 is 0 Å². The monoisotopic (exact) mass is 302 g/mol. The molecule has 1 heterocycles. The summed E-state index contributed by atoms with van der Waals surface area (Å²) < 4.78 is 7.83. The third-order valence-electron chi connectivity index (χ3n) is 2.64. The molecule has 1 rings (SSSR count). The zero-order valence-electron chi connectivity index (χ0n) is 10.6. The van der Waals surface area contributed by atoms with Crippen LogP contribution in [0.5, 0.6) is 0 Å². The molecule has 0 aliphatic heterocycles. The van der Waals surface area contributed by atoms with Crippen LogP contribution < -0.4 is 0 Å². The molecule has 96 valence electrons. The van der Waals surface area contributed by atoms with Crippen LogP contribution in [0.1, 0.15) is 31.7 Å². The van der Waals surface area contributed by atoms with E-state index in [1.807, 2.05) is 4.68 Å². The normalized spacial score (nSPS) is 10.8. The Balaban J connectivity index is 2.75. The highest BCUT2D eigenvalue weighted by atomic mass is 79.9. The molecule has 0 aliphatic carbocycles. The maximum Gasteiger partial charge on any atom is 0.158 e. The first kappa shape index (κ1) is 14.4. The lowest BCUT2D eigenvalue weighted by Gasteiger charge is -2.04. The van der Waals surface area contributed by atoms with Gasteiger partial charge in [0.25, 0.3) is 0 Å². The fourth-order valence-corrected chi connectivity index (χ4v) is 2.51. The van der Waals surface area contributed by atoms with E-state index in [1.165, 1.54) is 0 Å². The Morgan fingerprint density at radius 2 is 2.18 bits per heavy atom. The number of hydrogen-bond donors (Lipinski definition) is 0. The second-order valence-corrected chi connectivity index (χ2v) is 4.64. The predicted molar refractivity (Wildman–Crippen MR) is 70.2 cm³/mol. The maximum atomic E-state index is 11.4. The lowest BCUT2D eigenvalue weighted by molar-refractivity contribution is -0.122. The SMILES string of the molecule is CCc1nn(CC)c(CCC(=O)COC)c1Br. The summed E-state index contributed by atoms with van der Waals surface area (Å²) >= 11 is 3.57. The van der Waals surface area contributed by atoms with Gasteiger partial charge >= 0.3 is 0 Å². The minimum Gasteiger partial charge on any atom is -0.377 e. The van der Waals surface area contributed by atoms with E-state index < -0.39 is 0 Å². The summed E-state index contributed by atoms with van der Waals surface area (Å²) in [5.74, 6) is 0.126. The van der Waals surface area contributed by atoms with Crippen LogP contribution in [0.4, 0.5) is 0 Å². The molecule has 0 N–H and O–H groups in total. The van der Waals surface area contributed by atoms with Crippen molar-refractivity contribution in [3.05, 3.63) is 15.9 Å². The number of hydrogen-bond acceptors (Lipinski definition) is 3. The van der Waals surface area contributed by atoms with Gasteiger partial charge in [0, 0.05) is 20.1 Å². The van der Waals surface area contributed by atoms with Gasteiger partial charge in [-0.05, 0) is 35.7 Å². The molecule has 0 radical (unpaired) electrons. The molecule has 0 saturated carbocycles. The van der Waals surface area contributed by atoms with Crippen LogP contribution in [0.25, 0.3) is 0 Å². The van der Waals surface area contributed by atoms with Crippen molar-refractivity contribution in [1.82, 2.24) is 9.78 Å². The van der Waals surface area contributed by atoms with Crippen LogP contribution in [-0.2, 0) is 28.9 Å². The van der Waals surface area contributed by atoms with Gasteiger partial charge in [0.2, 0.25) is 0 Å². The second kappa shape index (κ2) is 6.91. The molecule has 0 bridgehead atoms. The standard InChI is InChI=1S/C12H19BrN2O2/c1-4-10-12(13)11(15(5-2)14-10)7-6-9(16)8-17-3/h4-8H2,1-3H3. The van der Waals surface area contributed by atoms with E-state index in [1.54, 1.807) is 7.11 Å². The molecule has 0 fully saturated rings. The van der Waals surface area contributed by atoms with Gasteiger partial charge in [-0.15, -0.1) is 0 Å². The fourth-order valence-electron chi connectivity index (χ4n) is 1.75. The molecule has 0 atom stereocenters. The Hall–Kier alpha value is -0.680. The summed E-state index contributed by atoms with van der Waals surface area (Å²) in [4.78, 5) is 11.4. The fraction of sp³-hybridized carbons (Fsp3) is 0.667. The first-order chi connectivity index (χ1) is 8.13. The number of ether oxygens (including phenoxy) is 1. The molecule has 0 saturated heterocycles. The molecule has 0 spiro atoms. The molecule has 0 amide bonds. The smallest absolute Gasteiger partial charge is 0.158 e. The molecule has 1 aromatic rings. The summed E-state index contributed by atoms with van der Waals surface area (Å²) in [5, 5.41) is 4.50. The van der Waals surface area contributed by atoms with Crippen LogP contribution in [-0.4, -0.2) is 29.3 Å². The molecular formula is C12H19BrN2O2. The molecule has 17 heavy (non-hydrogen) atoms. The molecular weight excluding hydrogens is 284 g/mol. The summed E-state index contributed by atoms with van der Waals surface area (Å²) in [6, 6.07) is 0. The van der Waals surface area contributed by atoms with Gasteiger partial charge in [0.15, 0.2) is 5.78 Å². The number of aryl methyl sites for hydroxylation is 2. The van der Waals surface area contributed by atoms with Gasteiger partial charge in [0.1, 0.15) is 6.61 Å². The zero-order valence-corrected chi connectivity index (χ0v) is 12.2. The number of Topliss-reactive ketones (excluding diaryl/α,β-unsaturated/α-hetero) is 1. The van der Waals surface area contributed by atoms with Crippen LogP contribution in [0.3, 0.4) is 0 Å². The van der Waals surface area contributed by atoms with Crippen LogP contribution in [0.15, 0.2) is 4.47 Å². The van der Waals surface area contributed by atoms with Gasteiger partial charge < -0.3 is 4.74 Å². The van der Waals surface area contributed by atoms with Crippen LogP contribution in [0, 0.1) is 0 Å². The van der Waals surface area contributed by atoms with Crippen LogP contribution in [0.2, 0.25) is 0 Å². The first-order valence-electron chi connectivity index (χ1n) is 5.88. The van der Waals surface area contributed by atoms with E-state index in [9.17, 15) is 4.79 Å². The third-order valence-corrected chi connectivity index (χ3v) is 3.56. The van der Waals surface area contributed by atoms with Crippen molar-refractivity contribution < 1.29 is 9.53 Å². The lowest BCUT2D eigenvalue weighted by Crippen LogP contribution is -2.10. The molecule has 4 nitrogen and oxygen atoms in total. The Morgan fingerprint density at radius 1 is 1.47 bits per heavy atom. The second-order valence-electron chi connectivity index (χ2n) is 3.85. The summed E-state index contributed by atoms with van der Waals surface area (Å²) in [6.07, 6.45) is 2.11. The summed E-state index contributed by atoms with van der Waals surface area (Å²) in [7, 11) is 1.54. The number of carbonyl (C=O) groups excluding carboxylic acids is 1. The Kier molecular flexibility index (Phi) is 5.85. The van der Waals surface area contributed by atoms with Crippen LogP contribution >= 0.6 is 15.9 Å². The largest absolute Gasteiger partial charge is 0.377 e. The molecule has 0 aliphatic rings. The summed E-state index contributed by atoms with van der Waals surface area (Å²) in [6.45, 7) is 5.15. The van der Waals surface area contributed by atoms with Gasteiger partial charge in [0.05, 0.1) is 15.9 Å². The lowest BCUT2D eigenvalue weighted by atomic mass is 10.1. The van der Waals surface area contributed by atoms with Crippen molar-refractivity contribution in [1.29, 1.82) is 0 Å². The van der Waals surface area contributed by atoms with Crippen molar-refractivity contribution in [2.75, 3.05) is 13.7 Å². The minimum absolute atomic E-state index is 0.126. The number of aromatic nitrogens is 2. The van der Waals surface area contributed by atoms with E-state index in [-0.39, 0.29) is 12.4 Å². The first-order valence-corrected chi connectivity index (χ1v) is 6.67. The Morgan fingerprint density at radius 3 is 2.71 bits per heavy atom. The highest BCUT2D eigenvalue weighted by Gasteiger charge is 2.14. The van der Waals surface area contributed by atoms with Gasteiger partial charge in [-0.2, -0.15) is 5.10 Å². The van der Waals surface area contributed by atoms with Gasteiger partial charge in [-0.3, -0.25) is 9.48 Å². The number of halogens is 1. The van der Waals surface area contributed by atoms with Crippen molar-refractivity contribution in [2.45, 2.75) is 39.7 Å². The molecule has 5 heteroatoms. The van der Waals surface area contributed by atoms with E-state index in [0.29, 0.717) is 12.8 Å². The predicted octanol–water partition coefficient (Wildman–Crippen LogP) is 2.38. The maximum absolute atomic E-state index is 11.4. The number of methoxy groups -OCH3 is 1. The molecule has 0 aromatic carbocycles. The molecule has 0 unspecified atom stereocenters. The van der Waals surface area contributed by atoms with E-state index in [0.717, 1.165) is 28.8 Å². The number of rotatable bonds is 7. The Labute approximate surface area is 110 Å². The van der Waals surface area contributed by atoms with Crippen molar-refractivity contribution >= 4 is 21.7 Å². The Bertz CT molecular complexity index is 388. The number of carbonyl (C=O) groups is 1. The highest BCUT2D eigenvalue weighted by Crippen LogP contribution is 2.23. The van der Waals surface area contributed by atoms with Gasteiger partial charge in [-0.1, -0.05) is 6.92 Å². The van der Waals surface area contributed by atoms with Gasteiger partial charge in [-0.25, -0.2) is 0 Å². The molecule has 1 aromatic heterocycles. The number of ketones is 1. The van der Waals surface area contributed by atoms with Crippen molar-refractivity contribution in [3.8, 4) is 0 Å². The third kappa shape index (κ3) is 3.64. The van der Waals surface area contributed by atoms with E-state index in [4.69, 9.17) is 4.74 Å². The highest BCUT2D eigenvalue weighted by molar-refractivity contribution is 9.10. The summed E-state index contributed by atoms with van der Waals surface area (Å²) in [5.41, 5.74) is 2.16. The van der Waals surface area contributed by atoms with E-state index in [2.05, 4.69) is 34.9 Å². The zero-order chi connectivity index (χ0) is 12.8. The average Bonchev–Trinajstić information content (AvgIpc) is 2.63. The topological polar surface area (TPSA) is 44.1 Å². The van der Waals surface area contributed by atoms with Crippen molar-refractivity contribution in [2.24, 2.45) is 0 Å². The minimum atomic E-state index is 0.126. The number of nitrogens with zero attached hydrogens (tertiary/aromatic N) is 2. The average molecular weight is 303 g/mol.